The standard InChI is InChI=1S/C18H23N3OS/c1-3-9-23-18-7-6-15(10-17(18)20(2)13-22)21-11-14-5-4-8-19-16(14)12-21/h6-8,10,13H,3-5,9,11-12H2,1-2H3. The predicted molar refractivity (Wildman–Crippen MR) is 98.9 cm³/mol. The van der Waals surface area contributed by atoms with Crippen molar-refractivity contribution in [2.75, 3.05) is 35.7 Å². The highest BCUT2D eigenvalue weighted by atomic mass is 32.2. The van der Waals surface area contributed by atoms with Crippen molar-refractivity contribution in [2.24, 2.45) is 4.99 Å². The lowest BCUT2D eigenvalue weighted by Gasteiger charge is -2.23. The van der Waals surface area contributed by atoms with Gasteiger partial charge in [-0.1, -0.05) is 6.92 Å². The Balaban J connectivity index is 1.83. The van der Waals surface area contributed by atoms with Crippen LogP contribution < -0.4 is 9.80 Å². The van der Waals surface area contributed by atoms with Gasteiger partial charge >= 0.3 is 0 Å². The fourth-order valence-electron chi connectivity index (χ4n) is 2.99. The number of rotatable bonds is 6. The molecule has 0 saturated heterocycles. The van der Waals surface area contributed by atoms with Gasteiger partial charge in [0.2, 0.25) is 6.41 Å². The van der Waals surface area contributed by atoms with Gasteiger partial charge in [-0.25, -0.2) is 0 Å². The Morgan fingerprint density at radius 3 is 3.00 bits per heavy atom. The zero-order valence-corrected chi connectivity index (χ0v) is 14.6. The first-order valence-electron chi connectivity index (χ1n) is 8.16. The molecule has 122 valence electrons. The summed E-state index contributed by atoms with van der Waals surface area (Å²) in [6, 6.07) is 6.45. The van der Waals surface area contributed by atoms with Crippen LogP contribution in [0.2, 0.25) is 0 Å². The Hall–Kier alpha value is -1.75. The number of carbonyl (C=O) groups excluding carboxylic acids is 1. The highest BCUT2D eigenvalue weighted by Gasteiger charge is 2.24. The summed E-state index contributed by atoms with van der Waals surface area (Å²) < 4.78 is 0. The highest BCUT2D eigenvalue weighted by molar-refractivity contribution is 7.99. The molecule has 1 aromatic rings. The summed E-state index contributed by atoms with van der Waals surface area (Å²) in [5.74, 6) is 1.06. The smallest absolute Gasteiger partial charge is 0.213 e. The second-order valence-electron chi connectivity index (χ2n) is 5.97. The molecule has 0 bridgehead atoms. The van der Waals surface area contributed by atoms with Crippen molar-refractivity contribution in [2.45, 2.75) is 31.1 Å². The third-order valence-electron chi connectivity index (χ3n) is 4.26. The summed E-state index contributed by atoms with van der Waals surface area (Å²) in [6.07, 6.45) is 6.21. The number of hydrogen-bond acceptors (Lipinski definition) is 4. The van der Waals surface area contributed by atoms with Crippen molar-refractivity contribution in [3.8, 4) is 0 Å². The van der Waals surface area contributed by atoms with E-state index in [1.165, 1.54) is 21.9 Å². The SMILES string of the molecule is CCCSc1ccc(N2CC3=C(C2)N=CCC3)cc1N(C)C=O. The van der Waals surface area contributed by atoms with Crippen LogP contribution in [0.3, 0.4) is 0 Å². The first kappa shape index (κ1) is 16.1. The minimum absolute atomic E-state index is 0.873. The lowest BCUT2D eigenvalue weighted by Crippen LogP contribution is -2.21. The van der Waals surface area contributed by atoms with E-state index in [1.807, 2.05) is 25.0 Å². The Morgan fingerprint density at radius 2 is 2.26 bits per heavy atom. The molecule has 4 nitrogen and oxygen atoms in total. The van der Waals surface area contributed by atoms with Crippen molar-refractivity contribution in [1.82, 2.24) is 0 Å². The predicted octanol–water partition coefficient (Wildman–Crippen LogP) is 3.72. The van der Waals surface area contributed by atoms with Crippen LogP contribution in [0.1, 0.15) is 26.2 Å². The summed E-state index contributed by atoms with van der Waals surface area (Å²) in [5, 5.41) is 0. The summed E-state index contributed by atoms with van der Waals surface area (Å²) in [4.78, 5) is 21.0. The van der Waals surface area contributed by atoms with E-state index in [2.05, 4.69) is 35.0 Å². The van der Waals surface area contributed by atoms with E-state index in [1.54, 1.807) is 4.90 Å². The summed E-state index contributed by atoms with van der Waals surface area (Å²) in [7, 11) is 1.82. The zero-order chi connectivity index (χ0) is 16.2. The molecule has 5 heteroatoms. The Kier molecular flexibility index (Phi) is 5.06. The van der Waals surface area contributed by atoms with E-state index in [9.17, 15) is 4.79 Å². The first-order valence-corrected chi connectivity index (χ1v) is 9.15. The number of aliphatic imine (C=N–C) groups is 1. The molecule has 0 saturated carbocycles. The van der Waals surface area contributed by atoms with Gasteiger partial charge in [0.15, 0.2) is 0 Å². The third-order valence-corrected chi connectivity index (χ3v) is 5.53. The summed E-state index contributed by atoms with van der Waals surface area (Å²) in [5.41, 5.74) is 4.84. The third kappa shape index (κ3) is 3.44. The molecule has 2 heterocycles. The van der Waals surface area contributed by atoms with Gasteiger partial charge in [0.25, 0.3) is 0 Å². The van der Waals surface area contributed by atoms with E-state index in [4.69, 9.17) is 0 Å². The molecule has 0 fully saturated rings. The van der Waals surface area contributed by atoms with Crippen LogP contribution >= 0.6 is 11.8 Å². The normalized spacial score (nSPS) is 16.7. The minimum Gasteiger partial charge on any atom is -0.361 e. The number of nitrogens with zero attached hydrogens (tertiary/aromatic N) is 3. The van der Waals surface area contributed by atoms with Crippen LogP contribution in [-0.4, -0.2) is 38.5 Å². The van der Waals surface area contributed by atoms with E-state index < -0.39 is 0 Å². The number of hydrogen-bond donors (Lipinski definition) is 0. The molecule has 0 unspecified atom stereocenters. The average Bonchev–Trinajstić information content (AvgIpc) is 3.03. The van der Waals surface area contributed by atoms with Crippen molar-refractivity contribution >= 4 is 35.8 Å². The van der Waals surface area contributed by atoms with Gasteiger partial charge in [0, 0.05) is 30.4 Å². The van der Waals surface area contributed by atoms with E-state index in [-0.39, 0.29) is 0 Å². The maximum atomic E-state index is 11.2. The average molecular weight is 329 g/mol. The number of anilines is 2. The minimum atomic E-state index is 0.873. The van der Waals surface area contributed by atoms with Crippen LogP contribution in [0, 0.1) is 0 Å². The Labute approximate surface area is 142 Å². The van der Waals surface area contributed by atoms with E-state index in [0.717, 1.165) is 50.2 Å². The van der Waals surface area contributed by atoms with Gasteiger partial charge in [-0.2, -0.15) is 0 Å². The van der Waals surface area contributed by atoms with Crippen LogP contribution in [0.5, 0.6) is 0 Å². The molecule has 0 aliphatic carbocycles. The maximum absolute atomic E-state index is 11.2. The fraction of sp³-hybridized carbons (Fsp3) is 0.444. The molecule has 0 radical (unpaired) electrons. The zero-order valence-electron chi connectivity index (χ0n) is 13.8. The molecule has 0 spiro atoms. The van der Waals surface area contributed by atoms with Crippen molar-refractivity contribution in [3.05, 3.63) is 29.5 Å². The molecular formula is C18H23N3OS. The van der Waals surface area contributed by atoms with Crippen LogP contribution in [0.15, 0.2) is 39.4 Å². The molecule has 0 N–H and O–H groups in total. The van der Waals surface area contributed by atoms with E-state index >= 15 is 0 Å². The van der Waals surface area contributed by atoms with Crippen LogP contribution in [0.4, 0.5) is 11.4 Å². The maximum Gasteiger partial charge on any atom is 0.213 e. The molecule has 23 heavy (non-hydrogen) atoms. The van der Waals surface area contributed by atoms with Gasteiger partial charge in [0.05, 0.1) is 17.9 Å². The van der Waals surface area contributed by atoms with E-state index in [0.29, 0.717) is 0 Å². The largest absolute Gasteiger partial charge is 0.361 e. The quantitative estimate of drug-likeness (QED) is 0.589. The molecule has 2 aliphatic heterocycles. The van der Waals surface area contributed by atoms with Gasteiger partial charge in [-0.15, -0.1) is 11.8 Å². The number of amides is 1. The molecule has 1 amide bonds. The summed E-state index contributed by atoms with van der Waals surface area (Å²) in [6.45, 7) is 4.00. The Morgan fingerprint density at radius 1 is 1.39 bits per heavy atom. The second-order valence-corrected chi connectivity index (χ2v) is 7.11. The van der Waals surface area contributed by atoms with Crippen molar-refractivity contribution < 1.29 is 4.79 Å². The molecule has 1 aromatic carbocycles. The highest BCUT2D eigenvalue weighted by Crippen LogP contribution is 2.36. The van der Waals surface area contributed by atoms with Gasteiger partial charge in [-0.3, -0.25) is 9.79 Å². The van der Waals surface area contributed by atoms with Crippen molar-refractivity contribution in [1.29, 1.82) is 0 Å². The first-order chi connectivity index (χ1) is 11.2. The number of carbonyl (C=O) groups is 1. The Bertz CT molecular complexity index is 654. The molecular weight excluding hydrogens is 306 g/mol. The molecule has 0 atom stereocenters. The van der Waals surface area contributed by atoms with Crippen molar-refractivity contribution in [3.63, 3.8) is 0 Å². The fourth-order valence-corrected chi connectivity index (χ4v) is 3.93. The topological polar surface area (TPSA) is 35.9 Å². The lowest BCUT2D eigenvalue weighted by atomic mass is 10.1. The summed E-state index contributed by atoms with van der Waals surface area (Å²) >= 11 is 1.81. The van der Waals surface area contributed by atoms with Gasteiger partial charge < -0.3 is 9.80 Å². The van der Waals surface area contributed by atoms with Crippen LogP contribution in [0.25, 0.3) is 0 Å². The number of thioether (sulfide) groups is 1. The molecule has 3 rings (SSSR count). The van der Waals surface area contributed by atoms with Gasteiger partial charge in [-0.05, 0) is 48.8 Å². The lowest BCUT2D eigenvalue weighted by molar-refractivity contribution is -0.107. The molecule has 0 aromatic heterocycles. The van der Waals surface area contributed by atoms with Crippen LogP contribution in [-0.2, 0) is 4.79 Å². The van der Waals surface area contributed by atoms with Gasteiger partial charge in [0.1, 0.15) is 0 Å². The second kappa shape index (κ2) is 7.21. The monoisotopic (exact) mass is 329 g/mol. The number of benzene rings is 1. The molecule has 2 aliphatic rings.